The van der Waals surface area contributed by atoms with Crippen LogP contribution in [-0.4, -0.2) is 34.0 Å². The molecule has 0 N–H and O–H groups in total. The van der Waals surface area contributed by atoms with Crippen LogP contribution in [0.5, 0.6) is 0 Å². The predicted molar refractivity (Wildman–Crippen MR) is 93.1 cm³/mol. The number of hydrogen-bond acceptors (Lipinski definition) is 5. The highest BCUT2D eigenvalue weighted by molar-refractivity contribution is 7.18. The van der Waals surface area contributed by atoms with E-state index in [4.69, 9.17) is 9.51 Å². The van der Waals surface area contributed by atoms with Crippen LogP contribution in [0.4, 0.5) is 0 Å². The van der Waals surface area contributed by atoms with Crippen molar-refractivity contribution in [3.8, 4) is 0 Å². The SMILES string of the molecule is Cc1cc(CC(=O)N2CCC[C@H](c3nc4ccccc4s3)C2)on1. The number of para-hydroxylation sites is 1. The van der Waals surface area contributed by atoms with E-state index >= 15 is 0 Å². The summed E-state index contributed by atoms with van der Waals surface area (Å²) in [6.45, 7) is 3.42. The average Bonchev–Trinajstić information content (AvgIpc) is 3.21. The third-order valence-electron chi connectivity index (χ3n) is 4.44. The van der Waals surface area contributed by atoms with Gasteiger partial charge in [0.1, 0.15) is 5.76 Å². The molecule has 0 aliphatic carbocycles. The molecule has 24 heavy (non-hydrogen) atoms. The number of likely N-dealkylation sites (tertiary alicyclic amines) is 1. The summed E-state index contributed by atoms with van der Waals surface area (Å²) in [6, 6.07) is 10.0. The minimum absolute atomic E-state index is 0.108. The fourth-order valence-electron chi connectivity index (χ4n) is 3.23. The van der Waals surface area contributed by atoms with Gasteiger partial charge in [-0.15, -0.1) is 11.3 Å². The van der Waals surface area contributed by atoms with E-state index in [1.807, 2.05) is 36.1 Å². The van der Waals surface area contributed by atoms with Gasteiger partial charge in [0.15, 0.2) is 0 Å². The Morgan fingerprint density at radius 3 is 3.08 bits per heavy atom. The zero-order valence-electron chi connectivity index (χ0n) is 13.6. The summed E-state index contributed by atoms with van der Waals surface area (Å²) < 4.78 is 6.39. The maximum atomic E-state index is 12.5. The van der Waals surface area contributed by atoms with Gasteiger partial charge in [-0.25, -0.2) is 4.98 Å². The smallest absolute Gasteiger partial charge is 0.230 e. The summed E-state index contributed by atoms with van der Waals surface area (Å²) in [5.41, 5.74) is 1.86. The highest BCUT2D eigenvalue weighted by Gasteiger charge is 2.27. The Morgan fingerprint density at radius 2 is 2.29 bits per heavy atom. The Hall–Kier alpha value is -2.21. The van der Waals surface area contributed by atoms with Crippen LogP contribution in [0, 0.1) is 6.92 Å². The maximum Gasteiger partial charge on any atom is 0.230 e. The lowest BCUT2D eigenvalue weighted by molar-refractivity contribution is -0.132. The average molecular weight is 341 g/mol. The molecule has 1 amide bonds. The number of carbonyl (C=O) groups is 1. The molecule has 0 bridgehead atoms. The lowest BCUT2D eigenvalue weighted by Gasteiger charge is -2.31. The molecule has 1 aliphatic heterocycles. The molecule has 0 radical (unpaired) electrons. The number of benzene rings is 1. The fraction of sp³-hybridized carbons (Fsp3) is 0.389. The van der Waals surface area contributed by atoms with Gasteiger partial charge in [-0.1, -0.05) is 17.3 Å². The minimum Gasteiger partial charge on any atom is -0.361 e. The molecule has 3 aromatic rings. The van der Waals surface area contributed by atoms with Gasteiger partial charge >= 0.3 is 0 Å². The molecular weight excluding hydrogens is 322 g/mol. The van der Waals surface area contributed by atoms with Crippen LogP contribution in [0.3, 0.4) is 0 Å². The number of rotatable bonds is 3. The number of fused-ring (bicyclic) bond motifs is 1. The van der Waals surface area contributed by atoms with Gasteiger partial charge in [0.2, 0.25) is 5.91 Å². The van der Waals surface area contributed by atoms with Crippen molar-refractivity contribution in [3.63, 3.8) is 0 Å². The molecule has 2 aromatic heterocycles. The number of hydrogen-bond donors (Lipinski definition) is 0. The van der Waals surface area contributed by atoms with E-state index in [0.29, 0.717) is 11.7 Å². The molecule has 1 fully saturated rings. The predicted octanol–water partition coefficient (Wildman–Crippen LogP) is 3.54. The van der Waals surface area contributed by atoms with Crippen molar-refractivity contribution in [2.45, 2.75) is 32.1 Å². The van der Waals surface area contributed by atoms with Crippen molar-refractivity contribution in [1.82, 2.24) is 15.0 Å². The summed E-state index contributed by atoms with van der Waals surface area (Å²) in [5.74, 6) is 1.08. The molecule has 4 rings (SSSR count). The Bertz CT molecular complexity index is 837. The van der Waals surface area contributed by atoms with E-state index < -0.39 is 0 Å². The first-order chi connectivity index (χ1) is 11.7. The summed E-state index contributed by atoms with van der Waals surface area (Å²) >= 11 is 1.75. The molecular formula is C18H19N3O2S. The third-order valence-corrected chi connectivity index (χ3v) is 5.63. The number of amides is 1. The van der Waals surface area contributed by atoms with Crippen LogP contribution in [0.25, 0.3) is 10.2 Å². The van der Waals surface area contributed by atoms with E-state index in [2.05, 4.69) is 11.2 Å². The van der Waals surface area contributed by atoms with Gasteiger partial charge in [-0.05, 0) is 31.9 Å². The number of nitrogens with zero attached hydrogens (tertiary/aromatic N) is 3. The lowest BCUT2D eigenvalue weighted by atomic mass is 9.98. The van der Waals surface area contributed by atoms with Crippen molar-refractivity contribution in [2.75, 3.05) is 13.1 Å². The van der Waals surface area contributed by atoms with Gasteiger partial charge in [0, 0.05) is 25.1 Å². The number of aromatic nitrogens is 2. The highest BCUT2D eigenvalue weighted by Crippen LogP contribution is 2.33. The zero-order valence-corrected chi connectivity index (χ0v) is 14.4. The lowest BCUT2D eigenvalue weighted by Crippen LogP contribution is -2.39. The Labute approximate surface area is 144 Å². The molecule has 6 heteroatoms. The van der Waals surface area contributed by atoms with Crippen LogP contribution in [0.15, 0.2) is 34.9 Å². The number of piperidine rings is 1. The first kappa shape index (κ1) is 15.3. The third kappa shape index (κ3) is 3.06. The molecule has 124 valence electrons. The quantitative estimate of drug-likeness (QED) is 0.731. The van der Waals surface area contributed by atoms with Crippen molar-refractivity contribution in [3.05, 3.63) is 46.8 Å². The summed E-state index contributed by atoms with van der Waals surface area (Å²) in [6.07, 6.45) is 2.39. The van der Waals surface area contributed by atoms with E-state index in [1.54, 1.807) is 11.3 Å². The first-order valence-corrected chi connectivity index (χ1v) is 9.06. The molecule has 1 saturated heterocycles. The van der Waals surface area contributed by atoms with Crippen LogP contribution in [0.1, 0.15) is 35.2 Å². The van der Waals surface area contributed by atoms with Gasteiger partial charge in [-0.2, -0.15) is 0 Å². The number of aryl methyl sites for hydroxylation is 1. The van der Waals surface area contributed by atoms with Crippen LogP contribution >= 0.6 is 11.3 Å². The topological polar surface area (TPSA) is 59.2 Å². The van der Waals surface area contributed by atoms with Gasteiger partial charge < -0.3 is 9.42 Å². The molecule has 0 unspecified atom stereocenters. The van der Waals surface area contributed by atoms with E-state index in [9.17, 15) is 4.79 Å². The highest BCUT2D eigenvalue weighted by atomic mass is 32.1. The maximum absolute atomic E-state index is 12.5. The van der Waals surface area contributed by atoms with Crippen molar-refractivity contribution < 1.29 is 9.32 Å². The van der Waals surface area contributed by atoms with Gasteiger partial charge in [-0.3, -0.25) is 4.79 Å². The van der Waals surface area contributed by atoms with E-state index in [0.717, 1.165) is 42.1 Å². The Morgan fingerprint density at radius 1 is 1.42 bits per heavy atom. The minimum atomic E-state index is 0.108. The van der Waals surface area contributed by atoms with E-state index in [-0.39, 0.29) is 12.3 Å². The molecule has 0 spiro atoms. The molecule has 0 saturated carbocycles. The molecule has 1 aliphatic rings. The summed E-state index contributed by atoms with van der Waals surface area (Å²) in [5, 5.41) is 4.99. The fourth-order valence-corrected chi connectivity index (χ4v) is 4.32. The number of thiazole rings is 1. The normalized spacial score (nSPS) is 18.2. The van der Waals surface area contributed by atoms with Gasteiger partial charge in [0.05, 0.1) is 27.3 Å². The van der Waals surface area contributed by atoms with Crippen LogP contribution in [0.2, 0.25) is 0 Å². The molecule has 1 aromatic carbocycles. The number of carbonyl (C=O) groups excluding carboxylic acids is 1. The Balaban J connectivity index is 1.47. The second-order valence-corrected chi connectivity index (χ2v) is 7.37. The molecule has 3 heterocycles. The summed E-state index contributed by atoms with van der Waals surface area (Å²) in [4.78, 5) is 19.3. The van der Waals surface area contributed by atoms with Crippen molar-refractivity contribution in [1.29, 1.82) is 0 Å². The van der Waals surface area contributed by atoms with Gasteiger partial charge in [0.25, 0.3) is 0 Å². The second-order valence-electron chi connectivity index (χ2n) is 6.31. The van der Waals surface area contributed by atoms with E-state index in [1.165, 1.54) is 4.70 Å². The Kier molecular flexibility index (Phi) is 4.06. The van der Waals surface area contributed by atoms with Crippen molar-refractivity contribution in [2.24, 2.45) is 0 Å². The van der Waals surface area contributed by atoms with Crippen LogP contribution in [-0.2, 0) is 11.2 Å². The first-order valence-electron chi connectivity index (χ1n) is 8.24. The second kappa shape index (κ2) is 6.36. The van der Waals surface area contributed by atoms with Crippen LogP contribution < -0.4 is 0 Å². The standard InChI is InChI=1S/C18H19N3O2S/c1-12-9-14(23-20-12)10-17(22)21-8-4-5-13(11-21)18-19-15-6-2-3-7-16(15)24-18/h2-3,6-7,9,13H,4-5,8,10-11H2,1H3/t13-/m0/s1. The molecule has 5 nitrogen and oxygen atoms in total. The monoisotopic (exact) mass is 341 g/mol. The zero-order chi connectivity index (χ0) is 16.5. The molecule has 1 atom stereocenters. The van der Waals surface area contributed by atoms with Crippen molar-refractivity contribution >= 4 is 27.5 Å². The summed E-state index contributed by atoms with van der Waals surface area (Å²) in [7, 11) is 0. The largest absolute Gasteiger partial charge is 0.361 e.